The number of hydrogen-bond acceptors (Lipinski definition) is 6. The number of halogens is 5. The molecule has 1 aliphatic rings. The summed E-state index contributed by atoms with van der Waals surface area (Å²) in [7, 11) is 1.40. The van der Waals surface area contributed by atoms with Crippen LogP contribution in [0.15, 0.2) is 70.0 Å². The third-order valence-corrected chi connectivity index (χ3v) is 7.15. The smallest absolute Gasteiger partial charge is 0.416 e. The number of hydrogen-bond donors (Lipinski definition) is 1. The van der Waals surface area contributed by atoms with Gasteiger partial charge in [0.15, 0.2) is 11.5 Å². The van der Waals surface area contributed by atoms with Gasteiger partial charge in [-0.05, 0) is 59.8 Å². The minimum Gasteiger partial charge on any atom is -0.493 e. The van der Waals surface area contributed by atoms with Crippen molar-refractivity contribution in [2.75, 3.05) is 19.0 Å². The van der Waals surface area contributed by atoms with Gasteiger partial charge in [-0.2, -0.15) is 13.2 Å². The molecule has 0 radical (unpaired) electrons. The normalized spacial score (nSPS) is 14.6. The molecule has 0 saturated carbocycles. The highest BCUT2D eigenvalue weighted by atomic mass is 79.9. The molecule has 0 bridgehead atoms. The zero-order chi connectivity index (χ0) is 29.0. The molecule has 0 atom stereocenters. The van der Waals surface area contributed by atoms with Gasteiger partial charge < -0.3 is 14.8 Å². The number of ether oxygens (including phenoxy) is 2. The number of nitrogens with zero attached hydrogens (tertiary/aromatic N) is 1. The molecule has 4 rings (SSSR count). The van der Waals surface area contributed by atoms with Crippen LogP contribution in [0.25, 0.3) is 6.08 Å². The van der Waals surface area contributed by atoms with Gasteiger partial charge >= 0.3 is 6.18 Å². The summed E-state index contributed by atoms with van der Waals surface area (Å²) in [6.07, 6.45) is -3.18. The van der Waals surface area contributed by atoms with Gasteiger partial charge in [-0.3, -0.25) is 19.3 Å². The Hall–Kier alpha value is -3.84. The second-order valence-corrected chi connectivity index (χ2v) is 10.1. The molecule has 1 aliphatic heterocycles. The third-order valence-electron chi connectivity index (χ3n) is 5.56. The predicted molar refractivity (Wildman–Crippen MR) is 144 cm³/mol. The Morgan fingerprint density at radius 2 is 1.82 bits per heavy atom. The fourth-order valence-electron chi connectivity index (χ4n) is 3.60. The summed E-state index contributed by atoms with van der Waals surface area (Å²) in [6.45, 7) is -0.748. The molecule has 3 amide bonds. The van der Waals surface area contributed by atoms with Crippen LogP contribution >= 0.6 is 27.7 Å². The van der Waals surface area contributed by atoms with E-state index in [2.05, 4.69) is 21.2 Å². The van der Waals surface area contributed by atoms with Crippen LogP contribution in [0.1, 0.15) is 16.7 Å². The van der Waals surface area contributed by atoms with Crippen molar-refractivity contribution in [1.82, 2.24) is 4.90 Å². The first-order chi connectivity index (χ1) is 19.0. The van der Waals surface area contributed by atoms with Crippen molar-refractivity contribution in [3.05, 3.63) is 92.5 Å². The van der Waals surface area contributed by atoms with Gasteiger partial charge in [-0.25, -0.2) is 4.39 Å². The minimum absolute atomic E-state index is 0.0136. The van der Waals surface area contributed by atoms with E-state index in [1.165, 1.54) is 25.3 Å². The highest BCUT2D eigenvalue weighted by Gasteiger charge is 2.37. The maximum absolute atomic E-state index is 13.9. The Kier molecular flexibility index (Phi) is 8.84. The first kappa shape index (κ1) is 29.2. The van der Waals surface area contributed by atoms with E-state index in [0.717, 1.165) is 18.2 Å². The van der Waals surface area contributed by atoms with Crippen molar-refractivity contribution in [2.45, 2.75) is 12.8 Å². The van der Waals surface area contributed by atoms with Crippen LogP contribution in [0, 0.1) is 5.82 Å². The molecule has 0 aliphatic carbocycles. The molecule has 3 aromatic carbocycles. The van der Waals surface area contributed by atoms with E-state index >= 15 is 0 Å². The van der Waals surface area contributed by atoms with Gasteiger partial charge in [-0.1, -0.05) is 40.2 Å². The molecule has 0 unspecified atom stereocenters. The maximum Gasteiger partial charge on any atom is 0.416 e. The lowest BCUT2D eigenvalue weighted by Gasteiger charge is -2.14. The van der Waals surface area contributed by atoms with E-state index < -0.39 is 41.2 Å². The first-order valence-corrected chi connectivity index (χ1v) is 13.0. The van der Waals surface area contributed by atoms with Gasteiger partial charge in [0.1, 0.15) is 19.0 Å². The molecule has 1 saturated heterocycles. The Labute approximate surface area is 238 Å². The molecular weight excluding hydrogens is 620 g/mol. The highest BCUT2D eigenvalue weighted by Crippen LogP contribution is 2.38. The summed E-state index contributed by atoms with van der Waals surface area (Å²) in [4.78, 5) is 38.5. The lowest BCUT2D eigenvalue weighted by molar-refractivity contribution is -0.137. The van der Waals surface area contributed by atoms with E-state index in [9.17, 15) is 31.9 Å². The summed E-state index contributed by atoms with van der Waals surface area (Å²) in [6, 6.07) is 13.3. The van der Waals surface area contributed by atoms with E-state index in [1.54, 1.807) is 30.3 Å². The lowest BCUT2D eigenvalue weighted by Crippen LogP contribution is -2.36. The summed E-state index contributed by atoms with van der Waals surface area (Å²) in [5, 5.41) is 1.55. The number of rotatable bonds is 8. The summed E-state index contributed by atoms with van der Waals surface area (Å²) in [5.74, 6) is -1.43. The van der Waals surface area contributed by atoms with E-state index in [-0.39, 0.29) is 22.9 Å². The fourth-order valence-corrected chi connectivity index (χ4v) is 4.87. The van der Waals surface area contributed by atoms with Crippen molar-refractivity contribution in [3.63, 3.8) is 0 Å². The molecule has 7 nitrogen and oxygen atoms in total. The van der Waals surface area contributed by atoms with Crippen LogP contribution in [-0.2, 0) is 22.4 Å². The topological polar surface area (TPSA) is 84.9 Å². The number of amides is 3. The van der Waals surface area contributed by atoms with Gasteiger partial charge in [0.05, 0.1) is 17.6 Å². The number of nitrogens with one attached hydrogen (secondary N) is 1. The molecule has 208 valence electrons. The first-order valence-electron chi connectivity index (χ1n) is 11.4. The molecule has 13 heteroatoms. The van der Waals surface area contributed by atoms with Gasteiger partial charge in [-0.15, -0.1) is 0 Å². The van der Waals surface area contributed by atoms with Crippen LogP contribution < -0.4 is 14.8 Å². The molecule has 1 heterocycles. The number of carbonyl (C=O) groups excluding carboxylic acids is 3. The third kappa shape index (κ3) is 6.83. The second-order valence-electron chi connectivity index (χ2n) is 8.30. The number of anilines is 1. The summed E-state index contributed by atoms with van der Waals surface area (Å²) in [5.41, 5.74) is -0.288. The van der Waals surface area contributed by atoms with Crippen molar-refractivity contribution in [2.24, 2.45) is 0 Å². The number of alkyl halides is 3. The van der Waals surface area contributed by atoms with E-state index in [1.807, 2.05) is 0 Å². The lowest BCUT2D eigenvalue weighted by atomic mass is 10.1. The molecule has 1 N–H and O–H groups in total. The average Bonchev–Trinajstić information content (AvgIpc) is 3.16. The Morgan fingerprint density at radius 1 is 1.07 bits per heavy atom. The van der Waals surface area contributed by atoms with Crippen LogP contribution in [0.4, 0.5) is 28.0 Å². The molecule has 3 aromatic rings. The van der Waals surface area contributed by atoms with Gasteiger partial charge in [0.2, 0.25) is 5.91 Å². The van der Waals surface area contributed by atoms with E-state index in [4.69, 9.17) is 9.47 Å². The van der Waals surface area contributed by atoms with Crippen LogP contribution in [-0.4, -0.2) is 35.6 Å². The predicted octanol–water partition coefficient (Wildman–Crippen LogP) is 6.87. The second kappa shape index (κ2) is 12.1. The SMILES string of the molecule is COc1cc(/C=C2\SC(=O)N(CC(=O)Nc3cccc(C(F)(F)F)c3)C2=O)c(Br)cc1OCc1ccccc1F. The van der Waals surface area contributed by atoms with Crippen LogP contribution in [0.3, 0.4) is 0 Å². The molecule has 40 heavy (non-hydrogen) atoms. The van der Waals surface area contributed by atoms with Crippen molar-refractivity contribution in [1.29, 1.82) is 0 Å². The van der Waals surface area contributed by atoms with Crippen molar-refractivity contribution >= 4 is 56.5 Å². The number of thioether (sulfide) groups is 1. The molecule has 0 aromatic heterocycles. The van der Waals surface area contributed by atoms with Crippen molar-refractivity contribution in [3.8, 4) is 11.5 Å². The van der Waals surface area contributed by atoms with Crippen LogP contribution in [0.2, 0.25) is 0 Å². The van der Waals surface area contributed by atoms with E-state index in [0.29, 0.717) is 38.0 Å². The Bertz CT molecular complexity index is 1510. The molecule has 0 spiro atoms. The average molecular weight is 639 g/mol. The van der Waals surface area contributed by atoms with Gasteiger partial charge in [0, 0.05) is 15.7 Å². The number of carbonyl (C=O) groups is 3. The van der Waals surface area contributed by atoms with Crippen molar-refractivity contribution < 1.29 is 41.4 Å². The summed E-state index contributed by atoms with van der Waals surface area (Å²) >= 11 is 3.99. The quantitative estimate of drug-likeness (QED) is 0.214. The summed E-state index contributed by atoms with van der Waals surface area (Å²) < 4.78 is 64.3. The minimum atomic E-state index is -4.60. The number of imide groups is 1. The number of methoxy groups -OCH3 is 1. The standard InChI is InChI=1S/C27H19BrF4N2O5S/c1-38-21-9-16(19(28)12-22(21)39-14-15-5-2-3-8-20(15)29)10-23-25(36)34(26(37)40-23)13-24(35)33-18-7-4-6-17(11-18)27(30,31)32/h2-12H,13-14H2,1H3,(H,33,35)/b23-10-. The zero-order valence-corrected chi connectivity index (χ0v) is 23.0. The van der Waals surface area contributed by atoms with Crippen LogP contribution in [0.5, 0.6) is 11.5 Å². The fraction of sp³-hybridized carbons (Fsp3) is 0.148. The Morgan fingerprint density at radius 3 is 2.52 bits per heavy atom. The Balaban J connectivity index is 1.46. The largest absolute Gasteiger partial charge is 0.493 e. The maximum atomic E-state index is 13.9. The molecule has 1 fully saturated rings. The number of benzene rings is 3. The monoisotopic (exact) mass is 638 g/mol. The van der Waals surface area contributed by atoms with Gasteiger partial charge in [0.25, 0.3) is 11.1 Å². The molecular formula is C27H19BrF4N2O5S. The highest BCUT2D eigenvalue weighted by molar-refractivity contribution is 9.10. The zero-order valence-electron chi connectivity index (χ0n) is 20.6.